The Morgan fingerprint density at radius 1 is 0.816 bits per heavy atom. The van der Waals surface area contributed by atoms with E-state index in [4.69, 9.17) is 0 Å². The molecule has 7 N–H and O–H groups in total. The standard InChI is InChI=1S/C24H35NO9P2.2Na.2H/c1-3-19(16-9-12-18(26)13-10-16)20(4-2)17-11-14-22(27)21(15-17)25-23(28)7-5-6-8-24(35(29,30)31)36(32,33)34;;;;/h9-15,19-20,24,26-27H,3-8H2,1-2H3,(H,25,28)(H2,29,30,31)(H2,32,33,34);;;;. The van der Waals surface area contributed by atoms with Gasteiger partial charge in [0.1, 0.15) is 11.5 Å². The number of phenolic OH excluding ortho intramolecular Hbond substituents is 2. The molecule has 10 nitrogen and oxygen atoms in total. The first kappa shape index (κ1) is 37.8. The summed E-state index contributed by atoms with van der Waals surface area (Å²) < 4.78 is 22.7. The molecule has 0 aliphatic rings. The van der Waals surface area contributed by atoms with Gasteiger partial charge in [0.05, 0.1) is 5.69 Å². The average molecular weight is 591 g/mol. The van der Waals surface area contributed by atoms with Crippen molar-refractivity contribution in [2.45, 2.75) is 69.6 Å². The van der Waals surface area contributed by atoms with E-state index in [1.54, 1.807) is 18.2 Å². The zero-order valence-electron chi connectivity index (χ0n) is 20.3. The van der Waals surface area contributed by atoms with Crippen molar-refractivity contribution in [3.05, 3.63) is 53.6 Å². The Hall–Kier alpha value is -0.190. The second-order valence-electron chi connectivity index (χ2n) is 8.85. The molecule has 0 saturated carbocycles. The van der Waals surface area contributed by atoms with Crippen LogP contribution in [0.25, 0.3) is 0 Å². The molecule has 0 aliphatic heterocycles. The summed E-state index contributed by atoms with van der Waals surface area (Å²) in [4.78, 5) is 49.2. The number of hydrogen-bond acceptors (Lipinski definition) is 5. The van der Waals surface area contributed by atoms with Crippen molar-refractivity contribution in [2.75, 3.05) is 5.32 Å². The van der Waals surface area contributed by atoms with Crippen molar-refractivity contribution in [1.82, 2.24) is 0 Å². The van der Waals surface area contributed by atoms with E-state index in [0.29, 0.717) is 0 Å². The minimum absolute atomic E-state index is 0. The number of unbranched alkanes of at least 4 members (excludes halogenated alkanes) is 1. The van der Waals surface area contributed by atoms with E-state index in [0.717, 1.165) is 24.0 Å². The summed E-state index contributed by atoms with van der Waals surface area (Å²) in [6.07, 6.45) is 1.35. The first-order valence-corrected chi connectivity index (χ1v) is 15.2. The van der Waals surface area contributed by atoms with Crippen LogP contribution in [0, 0.1) is 0 Å². The summed E-state index contributed by atoms with van der Waals surface area (Å²) in [5.41, 5.74) is 2.24. The van der Waals surface area contributed by atoms with Gasteiger partial charge in [0.2, 0.25) is 5.91 Å². The normalized spacial score (nSPS) is 13.2. The maximum atomic E-state index is 12.4. The van der Waals surface area contributed by atoms with Crippen LogP contribution in [0.2, 0.25) is 0 Å². The van der Waals surface area contributed by atoms with Gasteiger partial charge in [-0.05, 0) is 72.9 Å². The molecule has 2 aromatic carbocycles. The molecule has 0 saturated heterocycles. The second kappa shape index (κ2) is 16.9. The van der Waals surface area contributed by atoms with Gasteiger partial charge in [-0.1, -0.05) is 38.5 Å². The Kier molecular flexibility index (Phi) is 16.8. The third-order valence-corrected chi connectivity index (χ3v) is 10.2. The molecule has 0 aromatic heterocycles. The molecule has 0 fully saturated rings. The van der Waals surface area contributed by atoms with Gasteiger partial charge >= 0.3 is 74.3 Å². The Morgan fingerprint density at radius 3 is 1.82 bits per heavy atom. The fourth-order valence-corrected chi connectivity index (χ4v) is 7.07. The van der Waals surface area contributed by atoms with Crippen LogP contribution < -0.4 is 5.32 Å². The van der Waals surface area contributed by atoms with E-state index in [1.165, 1.54) is 6.07 Å². The van der Waals surface area contributed by atoms with Crippen LogP contribution in [0.15, 0.2) is 42.5 Å². The molecule has 0 aliphatic carbocycles. The van der Waals surface area contributed by atoms with Crippen molar-refractivity contribution >= 4 is 85.9 Å². The van der Waals surface area contributed by atoms with Crippen LogP contribution in [0.1, 0.15) is 75.3 Å². The Balaban J connectivity index is 0.00000684. The number of amides is 1. The van der Waals surface area contributed by atoms with Gasteiger partial charge in [0.25, 0.3) is 0 Å². The number of hydrogen-bond donors (Lipinski definition) is 7. The quantitative estimate of drug-likeness (QED) is 0.0790. The maximum absolute atomic E-state index is 12.4. The summed E-state index contributed by atoms with van der Waals surface area (Å²) in [5, 5.41) is 20.5. The molecule has 0 spiro atoms. The second-order valence-corrected chi connectivity index (χ2v) is 12.9. The summed E-state index contributed by atoms with van der Waals surface area (Å²) in [6, 6.07) is 12.1. The number of aromatic hydroxyl groups is 2. The van der Waals surface area contributed by atoms with Gasteiger partial charge in [-0.2, -0.15) is 0 Å². The fraction of sp³-hybridized carbons (Fsp3) is 0.458. The van der Waals surface area contributed by atoms with Crippen molar-refractivity contribution < 1.29 is 43.7 Å². The molecule has 2 unspecified atom stereocenters. The van der Waals surface area contributed by atoms with Gasteiger partial charge < -0.3 is 35.1 Å². The Labute approximate surface area is 267 Å². The molecule has 1 amide bonds. The van der Waals surface area contributed by atoms with Crippen LogP contribution in [0.4, 0.5) is 5.69 Å². The van der Waals surface area contributed by atoms with Gasteiger partial charge in [-0.3, -0.25) is 13.9 Å². The number of nitrogens with one attached hydrogen (secondary N) is 1. The van der Waals surface area contributed by atoms with E-state index in [2.05, 4.69) is 19.2 Å². The van der Waals surface area contributed by atoms with Crippen molar-refractivity contribution in [2.24, 2.45) is 0 Å². The summed E-state index contributed by atoms with van der Waals surface area (Å²) in [5.74, 6) is -0.115. The van der Waals surface area contributed by atoms with Gasteiger partial charge in [0, 0.05) is 6.42 Å². The number of carbonyl (C=O) groups excluding carboxylic acids is 1. The number of benzene rings is 2. The Morgan fingerprint density at radius 2 is 1.32 bits per heavy atom. The van der Waals surface area contributed by atoms with Crippen LogP contribution in [0.3, 0.4) is 0 Å². The summed E-state index contributed by atoms with van der Waals surface area (Å²) in [7, 11) is -9.97. The number of carbonyl (C=O) groups is 1. The fourth-order valence-electron chi connectivity index (χ4n) is 4.47. The minimum atomic E-state index is -4.99. The molecule has 0 heterocycles. The molecule has 2 rings (SSSR count). The van der Waals surface area contributed by atoms with Crippen molar-refractivity contribution in [3.8, 4) is 11.5 Å². The van der Waals surface area contributed by atoms with E-state index >= 15 is 0 Å². The van der Waals surface area contributed by atoms with Crippen LogP contribution in [-0.2, 0) is 13.9 Å². The van der Waals surface area contributed by atoms with Crippen LogP contribution in [0.5, 0.6) is 11.5 Å². The molecule has 14 heteroatoms. The van der Waals surface area contributed by atoms with Crippen LogP contribution in [-0.4, -0.2) is 100 Å². The molecule has 0 radical (unpaired) electrons. The predicted molar refractivity (Wildman–Crippen MR) is 152 cm³/mol. The van der Waals surface area contributed by atoms with Gasteiger partial charge in [-0.15, -0.1) is 0 Å². The van der Waals surface area contributed by atoms with Gasteiger partial charge in [-0.25, -0.2) is 0 Å². The van der Waals surface area contributed by atoms with Crippen LogP contribution >= 0.6 is 15.2 Å². The van der Waals surface area contributed by atoms with Crippen molar-refractivity contribution in [3.63, 3.8) is 0 Å². The van der Waals surface area contributed by atoms with Gasteiger partial charge in [0.15, 0.2) is 5.40 Å². The summed E-state index contributed by atoms with van der Waals surface area (Å²) in [6.45, 7) is 4.13. The molecule has 0 bridgehead atoms. The van der Waals surface area contributed by atoms with E-state index in [-0.39, 0.29) is 107 Å². The predicted octanol–water partition coefficient (Wildman–Crippen LogP) is 3.67. The molecular weight excluding hydrogens is 554 g/mol. The number of anilines is 1. The molecule has 204 valence electrons. The first-order chi connectivity index (χ1) is 16.8. The zero-order valence-corrected chi connectivity index (χ0v) is 22.1. The third-order valence-electron chi connectivity index (χ3n) is 6.30. The SMILES string of the molecule is CCC(c1ccc(O)cc1)C(CC)c1ccc(O)c(NC(=O)CCCCC(P(=O)(O)O)P(=O)(O)O)c1.[NaH].[NaH]. The number of rotatable bonds is 13. The first-order valence-electron chi connectivity index (χ1n) is 11.8. The monoisotopic (exact) mass is 591 g/mol. The van der Waals surface area contributed by atoms with E-state index in [1.807, 2.05) is 18.2 Å². The molecular formula is C24H37NNa2O9P2. The topological polar surface area (TPSA) is 185 Å². The van der Waals surface area contributed by atoms with Crippen molar-refractivity contribution in [1.29, 1.82) is 0 Å². The average Bonchev–Trinajstić information content (AvgIpc) is 2.78. The Bertz CT molecular complexity index is 1100. The van der Waals surface area contributed by atoms with E-state index in [9.17, 15) is 43.7 Å². The van der Waals surface area contributed by atoms with E-state index < -0.39 is 32.9 Å². The molecule has 2 atom stereocenters. The zero-order chi connectivity index (χ0) is 27.1. The summed E-state index contributed by atoms with van der Waals surface area (Å²) >= 11 is 0. The molecule has 38 heavy (non-hydrogen) atoms. The number of phenols is 2. The third kappa shape index (κ3) is 11.4. The molecule has 2 aromatic rings.